The lowest BCUT2D eigenvalue weighted by molar-refractivity contribution is -0.126. The fourth-order valence-electron chi connectivity index (χ4n) is 4.98. The number of methoxy groups -OCH3 is 1. The van der Waals surface area contributed by atoms with Crippen molar-refractivity contribution in [2.75, 3.05) is 30.8 Å². The zero-order valence-electron chi connectivity index (χ0n) is 24.1. The van der Waals surface area contributed by atoms with E-state index in [1.807, 2.05) is 12.1 Å². The summed E-state index contributed by atoms with van der Waals surface area (Å²) in [5.74, 6) is 1.76. The maximum atomic E-state index is 15.3. The highest BCUT2D eigenvalue weighted by atomic mass is 19.1. The summed E-state index contributed by atoms with van der Waals surface area (Å²) in [4.78, 5) is 30.9. The van der Waals surface area contributed by atoms with Gasteiger partial charge in [0.15, 0.2) is 5.82 Å². The SMILES string of the molecule is C=CC(=O)N1CCC(Nc2cc3c(Nc4ccc(Oc5cc(-c6nc(C)no6)ccn5)cc4F)ncnc3cc2OC)CC1. The van der Waals surface area contributed by atoms with Crippen molar-refractivity contribution < 1.29 is 23.2 Å². The lowest BCUT2D eigenvalue weighted by atomic mass is 10.0. The van der Waals surface area contributed by atoms with Crippen molar-refractivity contribution in [1.82, 2.24) is 30.0 Å². The summed E-state index contributed by atoms with van der Waals surface area (Å²) in [6, 6.07) is 11.6. The van der Waals surface area contributed by atoms with E-state index in [4.69, 9.17) is 14.0 Å². The maximum absolute atomic E-state index is 15.3. The van der Waals surface area contributed by atoms with Gasteiger partial charge in [-0.25, -0.2) is 19.3 Å². The largest absolute Gasteiger partial charge is 0.495 e. The van der Waals surface area contributed by atoms with Gasteiger partial charge in [-0.2, -0.15) is 4.98 Å². The second-order valence-corrected chi connectivity index (χ2v) is 10.1. The van der Waals surface area contributed by atoms with Crippen LogP contribution in [0, 0.1) is 12.7 Å². The van der Waals surface area contributed by atoms with Crippen molar-refractivity contribution in [3.05, 3.63) is 79.3 Å². The van der Waals surface area contributed by atoms with E-state index in [1.165, 1.54) is 18.5 Å². The normalized spacial score (nSPS) is 13.5. The summed E-state index contributed by atoms with van der Waals surface area (Å²) in [6.07, 6.45) is 5.83. The number of pyridine rings is 1. The van der Waals surface area contributed by atoms with Crippen molar-refractivity contribution in [1.29, 1.82) is 0 Å². The van der Waals surface area contributed by atoms with Crippen LogP contribution in [0.4, 0.5) is 21.6 Å². The fraction of sp³-hybridized carbons (Fsp3) is 0.226. The molecule has 0 bridgehead atoms. The van der Waals surface area contributed by atoms with Crippen LogP contribution in [0.5, 0.6) is 17.4 Å². The van der Waals surface area contributed by atoms with Crippen molar-refractivity contribution >= 4 is 34.0 Å². The minimum atomic E-state index is -0.550. The molecule has 2 N–H and O–H groups in total. The highest BCUT2D eigenvalue weighted by molar-refractivity contribution is 5.95. The third kappa shape index (κ3) is 6.11. The number of piperidine rings is 1. The van der Waals surface area contributed by atoms with Gasteiger partial charge >= 0.3 is 0 Å². The first kappa shape index (κ1) is 28.5. The summed E-state index contributed by atoms with van der Waals surface area (Å²) >= 11 is 0. The molecule has 1 saturated heterocycles. The van der Waals surface area contributed by atoms with E-state index in [0.29, 0.717) is 52.8 Å². The van der Waals surface area contributed by atoms with Crippen molar-refractivity contribution in [3.8, 4) is 28.8 Å². The smallest absolute Gasteiger partial charge is 0.258 e. The molecule has 224 valence electrons. The highest BCUT2D eigenvalue weighted by Gasteiger charge is 2.23. The number of carbonyl (C=O) groups is 1. The first-order valence-corrected chi connectivity index (χ1v) is 13.9. The average molecular weight is 597 g/mol. The van der Waals surface area contributed by atoms with E-state index in [-0.39, 0.29) is 29.3 Å². The van der Waals surface area contributed by atoms with Gasteiger partial charge in [0.1, 0.15) is 29.5 Å². The van der Waals surface area contributed by atoms with Gasteiger partial charge in [-0.15, -0.1) is 0 Å². The van der Waals surface area contributed by atoms with Crippen molar-refractivity contribution in [3.63, 3.8) is 0 Å². The Hall–Kier alpha value is -5.59. The van der Waals surface area contributed by atoms with Crippen LogP contribution in [0.15, 0.2) is 72.2 Å². The molecule has 1 aliphatic rings. The molecule has 44 heavy (non-hydrogen) atoms. The monoisotopic (exact) mass is 596 g/mol. The number of nitrogens with zero attached hydrogens (tertiary/aromatic N) is 6. The molecule has 4 heterocycles. The Balaban J connectivity index is 1.20. The number of hydrogen-bond acceptors (Lipinski definition) is 11. The molecule has 12 nitrogen and oxygen atoms in total. The lowest BCUT2D eigenvalue weighted by Crippen LogP contribution is -2.41. The van der Waals surface area contributed by atoms with Crippen LogP contribution >= 0.6 is 0 Å². The minimum Gasteiger partial charge on any atom is -0.495 e. The number of aromatic nitrogens is 5. The van der Waals surface area contributed by atoms with E-state index in [1.54, 1.807) is 49.4 Å². The molecule has 0 radical (unpaired) electrons. The number of likely N-dealkylation sites (tertiary alicyclic amines) is 1. The standard InChI is InChI=1S/C31H29FN8O4/c1-4-29(41)40-11-8-20(9-12-40)37-26-15-22-25(16-27(26)42-3)34-17-35-30(22)38-24-6-5-21(14-23(24)32)43-28-13-19(7-10-33-28)31-36-18(2)39-44-31/h4-7,10,13-17,20,37H,1,8-9,11-12H2,2-3H3,(H,34,35,38). The van der Waals surface area contributed by atoms with Gasteiger partial charge in [0.25, 0.3) is 5.89 Å². The van der Waals surface area contributed by atoms with E-state index < -0.39 is 5.82 Å². The maximum Gasteiger partial charge on any atom is 0.258 e. The summed E-state index contributed by atoms with van der Waals surface area (Å²) in [6.45, 7) is 6.56. The number of amides is 1. The summed E-state index contributed by atoms with van der Waals surface area (Å²) in [5, 5.41) is 11.1. The van der Waals surface area contributed by atoms with Crippen LogP contribution in [0.25, 0.3) is 22.4 Å². The number of fused-ring (bicyclic) bond motifs is 1. The summed E-state index contributed by atoms with van der Waals surface area (Å²) < 4.78 is 31.9. The number of hydrogen-bond donors (Lipinski definition) is 2. The summed E-state index contributed by atoms with van der Waals surface area (Å²) in [5.41, 5.74) is 2.20. The van der Waals surface area contributed by atoms with Gasteiger partial charge in [0.2, 0.25) is 11.8 Å². The van der Waals surface area contributed by atoms with Gasteiger partial charge in [-0.05, 0) is 50.1 Å². The number of halogens is 1. The highest BCUT2D eigenvalue weighted by Crippen LogP contribution is 2.35. The third-order valence-electron chi connectivity index (χ3n) is 7.22. The first-order chi connectivity index (χ1) is 21.4. The number of anilines is 3. The third-order valence-corrected chi connectivity index (χ3v) is 7.22. The molecule has 0 spiro atoms. The van der Waals surface area contributed by atoms with Gasteiger partial charge in [-0.1, -0.05) is 11.7 Å². The molecule has 1 fully saturated rings. The molecule has 0 aliphatic carbocycles. The second kappa shape index (κ2) is 12.3. The van der Waals surface area contributed by atoms with Crippen LogP contribution in [-0.4, -0.2) is 62.1 Å². The Morgan fingerprint density at radius 2 is 1.95 bits per heavy atom. The number of benzene rings is 2. The Bertz CT molecular complexity index is 1840. The molecule has 6 rings (SSSR count). The number of rotatable bonds is 9. The minimum absolute atomic E-state index is 0.0623. The molecule has 0 unspecified atom stereocenters. The molecule has 1 amide bonds. The van der Waals surface area contributed by atoms with E-state index in [0.717, 1.165) is 18.5 Å². The molecular formula is C31H29FN8O4. The Labute approximate surface area is 251 Å². The predicted octanol–water partition coefficient (Wildman–Crippen LogP) is 5.66. The molecule has 0 atom stereocenters. The molecule has 13 heteroatoms. The fourth-order valence-corrected chi connectivity index (χ4v) is 4.98. The molecule has 1 aliphatic heterocycles. The van der Waals surface area contributed by atoms with Crippen molar-refractivity contribution in [2.24, 2.45) is 0 Å². The Kier molecular flexibility index (Phi) is 8.00. The number of nitrogens with one attached hydrogen (secondary N) is 2. The second-order valence-electron chi connectivity index (χ2n) is 10.1. The van der Waals surface area contributed by atoms with Crippen LogP contribution < -0.4 is 20.1 Å². The topological polar surface area (TPSA) is 140 Å². The number of carbonyl (C=O) groups excluding carboxylic acids is 1. The molecule has 3 aromatic heterocycles. The molecule has 5 aromatic rings. The van der Waals surface area contributed by atoms with E-state index >= 15 is 4.39 Å². The van der Waals surface area contributed by atoms with Crippen LogP contribution in [0.2, 0.25) is 0 Å². The summed E-state index contributed by atoms with van der Waals surface area (Å²) in [7, 11) is 1.59. The Morgan fingerprint density at radius 3 is 2.68 bits per heavy atom. The van der Waals surface area contributed by atoms with Crippen LogP contribution in [-0.2, 0) is 4.79 Å². The van der Waals surface area contributed by atoms with Gasteiger partial charge in [0.05, 0.1) is 24.0 Å². The van der Waals surface area contributed by atoms with Crippen LogP contribution in [0.3, 0.4) is 0 Å². The Morgan fingerprint density at radius 1 is 1.11 bits per heavy atom. The molecular weight excluding hydrogens is 567 g/mol. The van der Waals surface area contributed by atoms with Crippen molar-refractivity contribution in [2.45, 2.75) is 25.8 Å². The van der Waals surface area contributed by atoms with E-state index in [9.17, 15) is 4.79 Å². The first-order valence-electron chi connectivity index (χ1n) is 13.9. The zero-order valence-corrected chi connectivity index (χ0v) is 24.1. The average Bonchev–Trinajstić information content (AvgIpc) is 3.48. The number of aryl methyl sites for hydroxylation is 1. The molecule has 0 saturated carbocycles. The molecule has 2 aromatic carbocycles. The van der Waals surface area contributed by atoms with Gasteiger partial charge in [0, 0.05) is 54.5 Å². The van der Waals surface area contributed by atoms with E-state index in [2.05, 4.69) is 42.3 Å². The lowest BCUT2D eigenvalue weighted by Gasteiger charge is -2.32. The quantitative estimate of drug-likeness (QED) is 0.204. The predicted molar refractivity (Wildman–Crippen MR) is 162 cm³/mol. The number of ether oxygens (including phenoxy) is 2. The van der Waals surface area contributed by atoms with Crippen LogP contribution in [0.1, 0.15) is 18.7 Å². The van der Waals surface area contributed by atoms with Gasteiger partial charge in [-0.3, -0.25) is 4.79 Å². The van der Waals surface area contributed by atoms with Gasteiger partial charge < -0.3 is 29.5 Å². The zero-order chi connectivity index (χ0) is 30.6.